The van der Waals surface area contributed by atoms with E-state index in [2.05, 4.69) is 29.0 Å². The molecule has 0 atom stereocenters. The van der Waals surface area contributed by atoms with Crippen LogP contribution in [0.15, 0.2) is 24.4 Å². The van der Waals surface area contributed by atoms with E-state index in [1.165, 1.54) is 5.56 Å². The predicted octanol–water partition coefficient (Wildman–Crippen LogP) is 1.77. The van der Waals surface area contributed by atoms with E-state index in [1.807, 2.05) is 6.07 Å². The van der Waals surface area contributed by atoms with Crippen molar-refractivity contribution in [2.45, 2.75) is 13.3 Å². The number of aromatic nitrogens is 2. The summed E-state index contributed by atoms with van der Waals surface area (Å²) in [6, 6.07) is 6.13. The van der Waals surface area contributed by atoms with E-state index in [4.69, 9.17) is 5.73 Å². The van der Waals surface area contributed by atoms with Gasteiger partial charge in [-0.1, -0.05) is 13.0 Å². The van der Waals surface area contributed by atoms with Crippen molar-refractivity contribution < 1.29 is 0 Å². The summed E-state index contributed by atoms with van der Waals surface area (Å²) in [6.07, 6.45) is 2.79. The van der Waals surface area contributed by atoms with Crippen LogP contribution in [0.2, 0.25) is 0 Å². The molecule has 1 aromatic carbocycles. The average Bonchev–Trinajstić information content (AvgIpc) is 2.17. The fraction of sp³-hybridized carbons (Fsp3) is 0.200. The second-order valence-corrected chi connectivity index (χ2v) is 2.97. The Balaban J connectivity index is 2.66. The van der Waals surface area contributed by atoms with E-state index < -0.39 is 0 Å². The highest BCUT2D eigenvalue weighted by molar-refractivity contribution is 5.79. The molecule has 3 heteroatoms. The van der Waals surface area contributed by atoms with Gasteiger partial charge in [-0.3, -0.25) is 0 Å². The van der Waals surface area contributed by atoms with Crippen LogP contribution < -0.4 is 5.73 Å². The standard InChI is InChI=1S/C10H11N3/c1-2-7-3-4-9-8(5-7)6-12-10(11)13-9/h3-6H,2H2,1H3,(H2,11,12,13). The molecule has 0 saturated carbocycles. The van der Waals surface area contributed by atoms with Gasteiger partial charge in [0.1, 0.15) is 0 Å². The van der Waals surface area contributed by atoms with Crippen LogP contribution in [-0.2, 0) is 6.42 Å². The molecular formula is C10H11N3. The lowest BCUT2D eigenvalue weighted by atomic mass is 10.1. The number of hydrogen-bond acceptors (Lipinski definition) is 3. The number of rotatable bonds is 1. The van der Waals surface area contributed by atoms with Gasteiger partial charge in [0.25, 0.3) is 0 Å². The van der Waals surface area contributed by atoms with Crippen LogP contribution in [0.1, 0.15) is 12.5 Å². The summed E-state index contributed by atoms with van der Waals surface area (Å²) in [5.74, 6) is 0.330. The van der Waals surface area contributed by atoms with Crippen molar-refractivity contribution in [3.05, 3.63) is 30.0 Å². The molecule has 1 heterocycles. The van der Waals surface area contributed by atoms with Gasteiger partial charge >= 0.3 is 0 Å². The lowest BCUT2D eigenvalue weighted by molar-refractivity contribution is 1.14. The van der Waals surface area contributed by atoms with Gasteiger partial charge in [-0.2, -0.15) is 0 Å². The van der Waals surface area contributed by atoms with E-state index in [0.29, 0.717) is 5.95 Å². The highest BCUT2D eigenvalue weighted by Gasteiger charge is 1.97. The van der Waals surface area contributed by atoms with Crippen LogP contribution in [0.3, 0.4) is 0 Å². The SMILES string of the molecule is CCc1ccc2nc(N)ncc2c1. The minimum Gasteiger partial charge on any atom is -0.368 e. The van der Waals surface area contributed by atoms with Gasteiger partial charge in [0, 0.05) is 11.6 Å². The third-order valence-corrected chi connectivity index (χ3v) is 2.07. The van der Waals surface area contributed by atoms with Crippen LogP contribution in [0.4, 0.5) is 5.95 Å². The minimum atomic E-state index is 0.330. The maximum absolute atomic E-state index is 5.47. The Morgan fingerprint density at radius 3 is 3.00 bits per heavy atom. The number of aryl methyl sites for hydroxylation is 1. The molecule has 0 radical (unpaired) electrons. The summed E-state index contributed by atoms with van der Waals surface area (Å²) in [5, 5.41) is 1.05. The Bertz CT molecular complexity index is 437. The van der Waals surface area contributed by atoms with Gasteiger partial charge in [0.05, 0.1) is 5.52 Å². The summed E-state index contributed by atoms with van der Waals surface area (Å²) in [6.45, 7) is 2.12. The number of nitrogens with two attached hydrogens (primary N) is 1. The van der Waals surface area contributed by atoms with Gasteiger partial charge in [0.2, 0.25) is 5.95 Å². The quantitative estimate of drug-likeness (QED) is 0.715. The van der Waals surface area contributed by atoms with Gasteiger partial charge in [0.15, 0.2) is 0 Å². The molecule has 0 aliphatic heterocycles. The lowest BCUT2D eigenvalue weighted by Gasteiger charge is -2.00. The van der Waals surface area contributed by atoms with Gasteiger partial charge in [-0.25, -0.2) is 9.97 Å². The Hall–Kier alpha value is -1.64. The van der Waals surface area contributed by atoms with Crippen LogP contribution >= 0.6 is 0 Å². The molecule has 1 aromatic heterocycles. The average molecular weight is 173 g/mol. The predicted molar refractivity (Wildman–Crippen MR) is 53.3 cm³/mol. The van der Waals surface area contributed by atoms with Crippen molar-refractivity contribution in [3.63, 3.8) is 0 Å². The van der Waals surface area contributed by atoms with Crippen LogP contribution in [0, 0.1) is 0 Å². The molecule has 0 bridgehead atoms. The zero-order chi connectivity index (χ0) is 9.26. The third-order valence-electron chi connectivity index (χ3n) is 2.07. The molecule has 2 N–H and O–H groups in total. The maximum atomic E-state index is 5.47. The summed E-state index contributed by atoms with van der Waals surface area (Å²) >= 11 is 0. The third kappa shape index (κ3) is 1.45. The van der Waals surface area contributed by atoms with Crippen molar-refractivity contribution >= 4 is 16.9 Å². The van der Waals surface area contributed by atoms with E-state index in [1.54, 1.807) is 6.20 Å². The first kappa shape index (κ1) is 7.98. The Labute approximate surface area is 76.6 Å². The number of fused-ring (bicyclic) bond motifs is 1. The molecule has 0 amide bonds. The molecule has 2 rings (SSSR count). The van der Waals surface area contributed by atoms with E-state index in [-0.39, 0.29) is 0 Å². The van der Waals surface area contributed by atoms with Crippen LogP contribution in [0.5, 0.6) is 0 Å². The molecule has 3 nitrogen and oxygen atoms in total. The number of nitrogen functional groups attached to an aromatic ring is 1. The topological polar surface area (TPSA) is 51.8 Å². The molecule has 0 unspecified atom stereocenters. The van der Waals surface area contributed by atoms with E-state index >= 15 is 0 Å². The lowest BCUT2D eigenvalue weighted by Crippen LogP contribution is -1.94. The first-order valence-corrected chi connectivity index (χ1v) is 4.31. The van der Waals surface area contributed by atoms with E-state index in [0.717, 1.165) is 17.3 Å². The van der Waals surface area contributed by atoms with Crippen molar-refractivity contribution in [3.8, 4) is 0 Å². The Morgan fingerprint density at radius 1 is 1.38 bits per heavy atom. The zero-order valence-corrected chi connectivity index (χ0v) is 7.49. The normalized spacial score (nSPS) is 10.5. The Kier molecular flexibility index (Phi) is 1.85. The van der Waals surface area contributed by atoms with Gasteiger partial charge in [-0.15, -0.1) is 0 Å². The Morgan fingerprint density at radius 2 is 2.23 bits per heavy atom. The molecule has 66 valence electrons. The summed E-state index contributed by atoms with van der Waals surface area (Å²) in [7, 11) is 0. The van der Waals surface area contributed by atoms with Crippen molar-refractivity contribution in [1.82, 2.24) is 9.97 Å². The van der Waals surface area contributed by atoms with Gasteiger partial charge in [-0.05, 0) is 24.1 Å². The summed E-state index contributed by atoms with van der Waals surface area (Å²) < 4.78 is 0. The molecule has 13 heavy (non-hydrogen) atoms. The molecule has 0 saturated heterocycles. The number of benzene rings is 1. The van der Waals surface area contributed by atoms with Crippen molar-refractivity contribution in [2.75, 3.05) is 5.73 Å². The fourth-order valence-electron chi connectivity index (χ4n) is 1.32. The second kappa shape index (κ2) is 3.01. The largest absolute Gasteiger partial charge is 0.368 e. The van der Waals surface area contributed by atoms with E-state index in [9.17, 15) is 0 Å². The van der Waals surface area contributed by atoms with Gasteiger partial charge < -0.3 is 5.73 Å². The van der Waals surface area contributed by atoms with Crippen molar-refractivity contribution in [1.29, 1.82) is 0 Å². The molecule has 0 fully saturated rings. The van der Waals surface area contributed by atoms with Crippen molar-refractivity contribution in [2.24, 2.45) is 0 Å². The number of nitrogens with zero attached hydrogens (tertiary/aromatic N) is 2. The fourth-order valence-corrected chi connectivity index (χ4v) is 1.32. The molecule has 0 aliphatic rings. The number of hydrogen-bond donors (Lipinski definition) is 1. The second-order valence-electron chi connectivity index (χ2n) is 2.97. The maximum Gasteiger partial charge on any atom is 0.220 e. The monoisotopic (exact) mass is 173 g/mol. The highest BCUT2D eigenvalue weighted by Crippen LogP contribution is 2.13. The molecule has 0 spiro atoms. The molecule has 2 aromatic rings. The summed E-state index contributed by atoms with van der Waals surface area (Å²) in [4.78, 5) is 8.07. The molecular weight excluding hydrogens is 162 g/mol. The van der Waals surface area contributed by atoms with Crippen LogP contribution in [-0.4, -0.2) is 9.97 Å². The first-order valence-electron chi connectivity index (χ1n) is 4.31. The minimum absolute atomic E-state index is 0.330. The first-order chi connectivity index (χ1) is 6.29. The number of anilines is 1. The highest BCUT2D eigenvalue weighted by atomic mass is 15.0. The smallest absolute Gasteiger partial charge is 0.220 e. The molecule has 0 aliphatic carbocycles. The van der Waals surface area contributed by atoms with Crippen LogP contribution in [0.25, 0.3) is 10.9 Å². The zero-order valence-electron chi connectivity index (χ0n) is 7.49. The summed E-state index contributed by atoms with van der Waals surface area (Å²) in [5.41, 5.74) is 7.67.